The van der Waals surface area contributed by atoms with Gasteiger partial charge in [0.2, 0.25) is 0 Å². The summed E-state index contributed by atoms with van der Waals surface area (Å²) in [5, 5.41) is 19.0. The van der Waals surface area contributed by atoms with Crippen molar-refractivity contribution in [3.05, 3.63) is 0 Å². The third-order valence-corrected chi connectivity index (χ3v) is 5.30. The summed E-state index contributed by atoms with van der Waals surface area (Å²) in [7, 11) is 0. The lowest BCUT2D eigenvalue weighted by molar-refractivity contribution is -0.141. The molecule has 1 aliphatic carbocycles. The number of aliphatic hydroxyl groups excluding tert-OH is 1. The summed E-state index contributed by atoms with van der Waals surface area (Å²) in [4.78, 5) is 27.4. The number of carbonyl (C=O) groups excluding carboxylic acids is 1. The molecular formula is C15H24N2O4. The van der Waals surface area contributed by atoms with Gasteiger partial charge in [-0.25, -0.2) is 9.59 Å². The topological polar surface area (TPSA) is 81.1 Å². The van der Waals surface area contributed by atoms with Crippen LogP contribution in [0.15, 0.2) is 0 Å². The third-order valence-electron chi connectivity index (χ3n) is 5.30. The van der Waals surface area contributed by atoms with Gasteiger partial charge >= 0.3 is 12.0 Å². The lowest BCUT2D eigenvalue weighted by atomic mass is 9.78. The van der Waals surface area contributed by atoms with E-state index >= 15 is 0 Å². The highest BCUT2D eigenvalue weighted by Gasteiger charge is 2.44. The second kappa shape index (κ2) is 5.83. The summed E-state index contributed by atoms with van der Waals surface area (Å²) in [5.74, 6) is -0.440. The smallest absolute Gasteiger partial charge is 0.326 e. The number of nitrogens with zero attached hydrogens (tertiary/aromatic N) is 2. The number of aliphatic hydroxyl groups is 1. The third kappa shape index (κ3) is 2.73. The zero-order valence-corrected chi connectivity index (χ0v) is 12.3. The van der Waals surface area contributed by atoms with Crippen molar-refractivity contribution in [1.82, 2.24) is 9.80 Å². The fourth-order valence-electron chi connectivity index (χ4n) is 4.29. The second-order valence-electron chi connectivity index (χ2n) is 6.63. The van der Waals surface area contributed by atoms with Gasteiger partial charge in [0.15, 0.2) is 0 Å². The molecule has 21 heavy (non-hydrogen) atoms. The Hall–Kier alpha value is -1.30. The van der Waals surface area contributed by atoms with E-state index in [1.165, 1.54) is 24.2 Å². The molecule has 3 fully saturated rings. The van der Waals surface area contributed by atoms with Crippen LogP contribution in [0.3, 0.4) is 0 Å². The molecule has 2 saturated heterocycles. The average Bonchev–Trinajstić information content (AvgIpc) is 2.88. The molecule has 4 atom stereocenters. The van der Waals surface area contributed by atoms with Crippen LogP contribution >= 0.6 is 0 Å². The Bertz CT molecular complexity index is 426. The lowest BCUT2D eigenvalue weighted by Gasteiger charge is -2.45. The van der Waals surface area contributed by atoms with E-state index in [0.717, 1.165) is 25.8 Å². The number of carboxylic acids is 1. The summed E-state index contributed by atoms with van der Waals surface area (Å²) in [6.45, 7) is 0.864. The number of piperidine rings is 1. The van der Waals surface area contributed by atoms with Gasteiger partial charge in [-0.05, 0) is 31.6 Å². The Morgan fingerprint density at radius 1 is 1.00 bits per heavy atom. The highest BCUT2D eigenvalue weighted by molar-refractivity contribution is 5.83. The number of amides is 2. The first kappa shape index (κ1) is 14.6. The predicted molar refractivity (Wildman–Crippen MR) is 75.8 cm³/mol. The summed E-state index contributed by atoms with van der Waals surface area (Å²) in [5.41, 5.74) is 0. The Morgan fingerprint density at radius 2 is 1.71 bits per heavy atom. The minimum Gasteiger partial charge on any atom is -0.480 e. The number of β-amino-alcohol motifs (C(OH)–C–C–N with tert-alkyl or cyclic N) is 1. The van der Waals surface area contributed by atoms with Crippen molar-refractivity contribution in [3.8, 4) is 0 Å². The van der Waals surface area contributed by atoms with Crippen LogP contribution in [0, 0.1) is 5.92 Å². The highest BCUT2D eigenvalue weighted by atomic mass is 16.4. The van der Waals surface area contributed by atoms with Gasteiger partial charge in [0.25, 0.3) is 0 Å². The van der Waals surface area contributed by atoms with Crippen LogP contribution in [0.1, 0.15) is 44.9 Å². The number of aliphatic carboxylic acids is 1. The molecule has 2 aliphatic heterocycles. The van der Waals surface area contributed by atoms with Crippen molar-refractivity contribution < 1.29 is 19.8 Å². The molecule has 0 radical (unpaired) electrons. The van der Waals surface area contributed by atoms with Gasteiger partial charge in [0, 0.05) is 25.6 Å². The van der Waals surface area contributed by atoms with Gasteiger partial charge in [-0.1, -0.05) is 12.8 Å². The van der Waals surface area contributed by atoms with Gasteiger partial charge in [0.05, 0.1) is 6.10 Å². The van der Waals surface area contributed by atoms with Crippen LogP contribution in [0.25, 0.3) is 0 Å². The molecule has 1 saturated carbocycles. The standard InChI is InChI=1S/C15H24N2O4/c18-11-8-13(14(19)20)17(9-11)15(21)16-7-3-5-10-4-1-2-6-12(10)16/h10-13,18H,1-9H2,(H,19,20). The fraction of sp³-hybridized carbons (Fsp3) is 0.867. The van der Waals surface area contributed by atoms with Gasteiger partial charge in [-0.3, -0.25) is 0 Å². The summed E-state index contributed by atoms with van der Waals surface area (Å²) in [6.07, 6.45) is 6.20. The highest BCUT2D eigenvalue weighted by Crippen LogP contribution is 2.36. The molecule has 0 spiro atoms. The van der Waals surface area contributed by atoms with Crippen LogP contribution in [0.4, 0.5) is 4.79 Å². The first-order valence-electron chi connectivity index (χ1n) is 8.06. The largest absolute Gasteiger partial charge is 0.480 e. The Labute approximate surface area is 124 Å². The molecule has 2 heterocycles. The van der Waals surface area contributed by atoms with E-state index in [1.54, 1.807) is 0 Å². The number of hydrogen-bond acceptors (Lipinski definition) is 3. The van der Waals surface area contributed by atoms with Gasteiger partial charge in [-0.15, -0.1) is 0 Å². The van der Waals surface area contributed by atoms with E-state index in [-0.39, 0.29) is 25.0 Å². The first-order chi connectivity index (χ1) is 10.1. The number of carboxylic acid groups (broad SMARTS) is 1. The van der Waals surface area contributed by atoms with Crippen molar-refractivity contribution in [1.29, 1.82) is 0 Å². The zero-order valence-electron chi connectivity index (χ0n) is 12.3. The van der Waals surface area contributed by atoms with Crippen molar-refractivity contribution in [2.45, 2.75) is 63.1 Å². The summed E-state index contributed by atoms with van der Waals surface area (Å²) < 4.78 is 0. The molecule has 2 amide bonds. The molecule has 4 unspecified atom stereocenters. The molecule has 3 aliphatic rings. The SMILES string of the molecule is O=C(O)C1CC(O)CN1C(=O)N1CCCC2CCCCC21. The van der Waals surface area contributed by atoms with Crippen LogP contribution in [0.5, 0.6) is 0 Å². The molecule has 0 aromatic carbocycles. The van der Waals surface area contributed by atoms with Crippen molar-refractivity contribution in [2.24, 2.45) is 5.92 Å². The monoisotopic (exact) mass is 296 g/mol. The molecule has 6 nitrogen and oxygen atoms in total. The molecular weight excluding hydrogens is 272 g/mol. The molecule has 0 aromatic rings. The maximum absolute atomic E-state index is 12.8. The lowest BCUT2D eigenvalue weighted by Crippen LogP contribution is -2.56. The number of carbonyl (C=O) groups is 2. The van der Waals surface area contributed by atoms with E-state index in [4.69, 9.17) is 0 Å². The predicted octanol–water partition coefficient (Wildman–Crippen LogP) is 1.28. The minimum absolute atomic E-state index is 0.142. The van der Waals surface area contributed by atoms with E-state index < -0.39 is 18.1 Å². The summed E-state index contributed by atoms with van der Waals surface area (Å²) >= 11 is 0. The molecule has 6 heteroatoms. The van der Waals surface area contributed by atoms with Crippen molar-refractivity contribution in [3.63, 3.8) is 0 Å². The normalized spacial score (nSPS) is 36.4. The fourth-order valence-corrected chi connectivity index (χ4v) is 4.29. The maximum Gasteiger partial charge on any atom is 0.326 e. The molecule has 0 aromatic heterocycles. The number of rotatable bonds is 1. The quantitative estimate of drug-likeness (QED) is 0.764. The number of fused-ring (bicyclic) bond motifs is 1. The van der Waals surface area contributed by atoms with Gasteiger partial charge in [-0.2, -0.15) is 0 Å². The van der Waals surface area contributed by atoms with Gasteiger partial charge in [0.1, 0.15) is 6.04 Å². The number of urea groups is 1. The molecule has 118 valence electrons. The van der Waals surface area contributed by atoms with Crippen LogP contribution in [-0.4, -0.2) is 63.3 Å². The van der Waals surface area contributed by atoms with E-state index in [1.807, 2.05) is 4.90 Å². The molecule has 2 N–H and O–H groups in total. The van der Waals surface area contributed by atoms with Gasteiger partial charge < -0.3 is 20.0 Å². The van der Waals surface area contributed by atoms with E-state index in [9.17, 15) is 19.8 Å². The van der Waals surface area contributed by atoms with Crippen molar-refractivity contribution >= 4 is 12.0 Å². The Balaban J connectivity index is 1.75. The van der Waals surface area contributed by atoms with Crippen LogP contribution in [0.2, 0.25) is 0 Å². The zero-order chi connectivity index (χ0) is 15.0. The summed E-state index contributed by atoms with van der Waals surface area (Å²) in [6, 6.07) is -0.792. The number of likely N-dealkylation sites (tertiary alicyclic amines) is 2. The van der Waals surface area contributed by atoms with Crippen LogP contribution < -0.4 is 0 Å². The molecule has 0 bridgehead atoms. The van der Waals surface area contributed by atoms with Crippen molar-refractivity contribution in [2.75, 3.05) is 13.1 Å². The maximum atomic E-state index is 12.8. The van der Waals surface area contributed by atoms with E-state index in [2.05, 4.69) is 0 Å². The Kier molecular flexibility index (Phi) is 4.06. The first-order valence-corrected chi connectivity index (χ1v) is 8.06. The van der Waals surface area contributed by atoms with Crippen LogP contribution in [-0.2, 0) is 4.79 Å². The molecule has 3 rings (SSSR count). The minimum atomic E-state index is -1.02. The average molecular weight is 296 g/mol. The number of hydrogen-bond donors (Lipinski definition) is 2. The second-order valence-corrected chi connectivity index (χ2v) is 6.63. The van der Waals surface area contributed by atoms with E-state index in [0.29, 0.717) is 5.92 Å². The Morgan fingerprint density at radius 3 is 2.48 bits per heavy atom.